The Morgan fingerprint density at radius 1 is 1.50 bits per heavy atom. The first-order valence-electron chi connectivity index (χ1n) is 5.27. The third kappa shape index (κ3) is 1.99. The molecule has 0 aromatic carbocycles. The van der Waals surface area contributed by atoms with E-state index in [1.165, 1.54) is 0 Å². The summed E-state index contributed by atoms with van der Waals surface area (Å²) >= 11 is 0. The fourth-order valence-corrected chi connectivity index (χ4v) is 1.59. The minimum absolute atomic E-state index is 0.0124. The highest BCUT2D eigenvalue weighted by molar-refractivity contribution is 5.21. The van der Waals surface area contributed by atoms with E-state index in [0.717, 1.165) is 22.6 Å². The van der Waals surface area contributed by atoms with Crippen molar-refractivity contribution in [1.29, 1.82) is 0 Å². The maximum absolute atomic E-state index is 5.78. The van der Waals surface area contributed by atoms with E-state index in [9.17, 15) is 0 Å². The molecule has 2 aromatic heterocycles. The van der Waals surface area contributed by atoms with Crippen LogP contribution < -0.4 is 5.73 Å². The Morgan fingerprint density at radius 3 is 2.75 bits per heavy atom. The average molecular weight is 220 g/mol. The maximum Gasteiger partial charge on any atom is 0.138 e. The fraction of sp³-hybridized carbons (Fsp3) is 0.455. The van der Waals surface area contributed by atoms with Gasteiger partial charge < -0.3 is 10.3 Å². The van der Waals surface area contributed by atoms with E-state index in [0.29, 0.717) is 6.54 Å². The highest BCUT2D eigenvalue weighted by atomic mass is 16.5. The van der Waals surface area contributed by atoms with Crippen molar-refractivity contribution in [2.24, 2.45) is 5.73 Å². The fourth-order valence-electron chi connectivity index (χ4n) is 1.59. The summed E-state index contributed by atoms with van der Waals surface area (Å²) in [4.78, 5) is 0. The minimum Gasteiger partial charge on any atom is -0.361 e. The lowest BCUT2D eigenvalue weighted by molar-refractivity contribution is 0.391. The molecule has 2 heterocycles. The number of nitrogens with two attached hydrogens (primary N) is 1. The van der Waals surface area contributed by atoms with E-state index >= 15 is 0 Å². The minimum atomic E-state index is 0.0124. The first-order chi connectivity index (χ1) is 7.58. The second-order valence-electron chi connectivity index (χ2n) is 4.06. The van der Waals surface area contributed by atoms with E-state index in [-0.39, 0.29) is 6.04 Å². The van der Waals surface area contributed by atoms with Crippen LogP contribution >= 0.6 is 0 Å². The van der Waals surface area contributed by atoms with E-state index < -0.39 is 0 Å². The van der Waals surface area contributed by atoms with Gasteiger partial charge in [-0.2, -0.15) is 5.10 Å². The van der Waals surface area contributed by atoms with Gasteiger partial charge in [0.25, 0.3) is 0 Å². The van der Waals surface area contributed by atoms with Crippen molar-refractivity contribution in [3.63, 3.8) is 0 Å². The highest BCUT2D eigenvalue weighted by Crippen LogP contribution is 2.15. The normalized spacial score (nSPS) is 13.0. The molecule has 2 aromatic rings. The molecule has 0 aliphatic carbocycles. The van der Waals surface area contributed by atoms with Gasteiger partial charge in [-0.15, -0.1) is 0 Å². The van der Waals surface area contributed by atoms with Crippen LogP contribution in [-0.2, 0) is 6.54 Å². The zero-order valence-electron chi connectivity index (χ0n) is 9.77. The van der Waals surface area contributed by atoms with Crippen molar-refractivity contribution in [1.82, 2.24) is 14.9 Å². The van der Waals surface area contributed by atoms with Crippen LogP contribution in [0.2, 0.25) is 0 Å². The van der Waals surface area contributed by atoms with E-state index in [4.69, 9.17) is 10.3 Å². The molecule has 1 atom stereocenters. The van der Waals surface area contributed by atoms with Gasteiger partial charge in [-0.25, -0.2) is 0 Å². The van der Waals surface area contributed by atoms with Crippen molar-refractivity contribution >= 4 is 0 Å². The van der Waals surface area contributed by atoms with Crippen molar-refractivity contribution in [2.75, 3.05) is 0 Å². The molecule has 0 spiro atoms. The summed E-state index contributed by atoms with van der Waals surface area (Å²) in [5, 5.41) is 8.18. The van der Waals surface area contributed by atoms with Gasteiger partial charge in [0.1, 0.15) is 5.76 Å². The maximum atomic E-state index is 5.78. The van der Waals surface area contributed by atoms with Gasteiger partial charge in [0.15, 0.2) is 0 Å². The Hall–Kier alpha value is -1.62. The molecule has 16 heavy (non-hydrogen) atoms. The van der Waals surface area contributed by atoms with Gasteiger partial charge in [-0.1, -0.05) is 5.16 Å². The summed E-state index contributed by atoms with van der Waals surface area (Å²) in [6.45, 7) is 6.46. The van der Waals surface area contributed by atoms with Crippen molar-refractivity contribution in [3.8, 4) is 0 Å². The van der Waals surface area contributed by atoms with Crippen molar-refractivity contribution in [3.05, 3.63) is 35.0 Å². The van der Waals surface area contributed by atoms with Crippen molar-refractivity contribution in [2.45, 2.75) is 33.4 Å². The first-order valence-corrected chi connectivity index (χ1v) is 5.27. The summed E-state index contributed by atoms with van der Waals surface area (Å²) < 4.78 is 6.96. The molecule has 0 aliphatic rings. The lowest BCUT2D eigenvalue weighted by Crippen LogP contribution is -2.04. The van der Waals surface area contributed by atoms with Crippen LogP contribution in [0.4, 0.5) is 0 Å². The zero-order chi connectivity index (χ0) is 11.7. The molecule has 0 bridgehead atoms. The number of hydrogen-bond acceptors (Lipinski definition) is 4. The Bertz CT molecular complexity index is 464. The van der Waals surface area contributed by atoms with E-state index in [1.54, 1.807) is 6.20 Å². The van der Waals surface area contributed by atoms with Crippen LogP contribution in [0.5, 0.6) is 0 Å². The number of hydrogen-bond donors (Lipinski definition) is 1. The average Bonchev–Trinajstić information content (AvgIpc) is 2.80. The molecule has 2 N–H and O–H groups in total. The van der Waals surface area contributed by atoms with Crippen LogP contribution in [0.25, 0.3) is 0 Å². The quantitative estimate of drug-likeness (QED) is 0.852. The molecule has 5 nitrogen and oxygen atoms in total. The largest absolute Gasteiger partial charge is 0.361 e. The number of nitrogens with zero attached hydrogens (tertiary/aromatic N) is 3. The lowest BCUT2D eigenvalue weighted by Gasteiger charge is -2.01. The summed E-state index contributed by atoms with van der Waals surface area (Å²) in [5.74, 6) is 0.843. The van der Waals surface area contributed by atoms with Crippen LogP contribution in [0.1, 0.15) is 35.5 Å². The third-order valence-corrected chi connectivity index (χ3v) is 2.68. The Labute approximate surface area is 94.2 Å². The molecule has 0 aliphatic heterocycles. The molecule has 0 saturated carbocycles. The summed E-state index contributed by atoms with van der Waals surface area (Å²) in [5.41, 5.74) is 8.81. The summed E-state index contributed by atoms with van der Waals surface area (Å²) in [6, 6.07) is 0.0124. The number of rotatable bonds is 3. The van der Waals surface area contributed by atoms with Gasteiger partial charge in [-0.05, 0) is 20.8 Å². The number of aryl methyl sites for hydroxylation is 2. The molecular formula is C11H16N4O. The SMILES string of the molecule is Cc1noc(C)c1Cn1cc(C(C)N)cn1. The first kappa shape index (κ1) is 10.9. The Balaban J connectivity index is 2.21. The molecule has 0 saturated heterocycles. The monoisotopic (exact) mass is 220 g/mol. The topological polar surface area (TPSA) is 69.9 Å². The van der Waals surface area contributed by atoms with Gasteiger partial charge in [0.2, 0.25) is 0 Å². The van der Waals surface area contributed by atoms with Crippen LogP contribution in [0, 0.1) is 13.8 Å². The molecule has 2 rings (SSSR count). The van der Waals surface area contributed by atoms with Gasteiger partial charge in [0, 0.05) is 23.4 Å². The van der Waals surface area contributed by atoms with Gasteiger partial charge in [0.05, 0.1) is 18.4 Å². The van der Waals surface area contributed by atoms with Crippen LogP contribution in [-0.4, -0.2) is 14.9 Å². The summed E-state index contributed by atoms with van der Waals surface area (Å²) in [6.07, 6.45) is 3.75. The molecule has 86 valence electrons. The highest BCUT2D eigenvalue weighted by Gasteiger charge is 2.10. The third-order valence-electron chi connectivity index (χ3n) is 2.68. The van der Waals surface area contributed by atoms with Gasteiger partial charge in [-0.3, -0.25) is 4.68 Å². The standard InChI is InChI=1S/C11H16N4O/c1-7(12)10-4-13-15(5-10)6-11-8(2)14-16-9(11)3/h4-5,7H,6,12H2,1-3H3. The lowest BCUT2D eigenvalue weighted by atomic mass is 10.2. The molecule has 0 amide bonds. The number of aromatic nitrogens is 3. The molecular weight excluding hydrogens is 204 g/mol. The van der Waals surface area contributed by atoms with Crippen LogP contribution in [0.3, 0.4) is 0 Å². The van der Waals surface area contributed by atoms with Gasteiger partial charge >= 0.3 is 0 Å². The van der Waals surface area contributed by atoms with Crippen molar-refractivity contribution < 1.29 is 4.52 Å². The zero-order valence-corrected chi connectivity index (χ0v) is 9.77. The molecule has 5 heteroatoms. The Morgan fingerprint density at radius 2 is 2.25 bits per heavy atom. The second kappa shape index (κ2) is 4.09. The predicted octanol–water partition coefficient (Wildman–Crippen LogP) is 1.56. The molecule has 1 unspecified atom stereocenters. The molecule has 0 radical (unpaired) electrons. The van der Waals surface area contributed by atoms with E-state index in [2.05, 4.69) is 10.3 Å². The molecule has 0 fully saturated rings. The smallest absolute Gasteiger partial charge is 0.138 e. The summed E-state index contributed by atoms with van der Waals surface area (Å²) in [7, 11) is 0. The Kier molecular flexibility index (Phi) is 2.78. The predicted molar refractivity (Wildman–Crippen MR) is 59.9 cm³/mol. The van der Waals surface area contributed by atoms with E-state index in [1.807, 2.05) is 31.6 Å². The van der Waals surface area contributed by atoms with Crippen LogP contribution in [0.15, 0.2) is 16.9 Å². The second-order valence-corrected chi connectivity index (χ2v) is 4.06.